The second-order valence-corrected chi connectivity index (χ2v) is 7.48. The predicted molar refractivity (Wildman–Crippen MR) is 114 cm³/mol. The van der Waals surface area contributed by atoms with Crippen LogP contribution in [0.2, 0.25) is 0 Å². The smallest absolute Gasteiger partial charge is 0.164 e. The molecular weight excluding hydrogens is 362 g/mol. The lowest BCUT2D eigenvalue weighted by Gasteiger charge is -2.22. The maximum atomic E-state index is 6.24. The SMILES string of the molecule is Nc1ncnc2c1c(-c1ccc(Oc3ccccc3)cc1)nn2C1CCCCC1. The lowest BCUT2D eigenvalue weighted by molar-refractivity contribution is 0.336. The Labute approximate surface area is 169 Å². The summed E-state index contributed by atoms with van der Waals surface area (Å²) in [5, 5.41) is 5.78. The number of para-hydroxylation sites is 1. The van der Waals surface area contributed by atoms with Crippen molar-refractivity contribution in [2.45, 2.75) is 38.1 Å². The summed E-state index contributed by atoms with van der Waals surface area (Å²) in [6, 6.07) is 18.0. The molecule has 6 heteroatoms. The van der Waals surface area contributed by atoms with E-state index in [1.54, 1.807) is 0 Å². The van der Waals surface area contributed by atoms with Crippen molar-refractivity contribution in [1.29, 1.82) is 0 Å². The number of rotatable bonds is 4. The van der Waals surface area contributed by atoms with E-state index in [1.807, 2.05) is 54.6 Å². The Morgan fingerprint density at radius 3 is 2.34 bits per heavy atom. The van der Waals surface area contributed by atoms with Gasteiger partial charge in [-0.05, 0) is 49.2 Å². The zero-order valence-electron chi connectivity index (χ0n) is 16.2. The molecule has 0 bridgehead atoms. The molecule has 4 aromatic rings. The monoisotopic (exact) mass is 385 g/mol. The Morgan fingerprint density at radius 1 is 0.862 bits per heavy atom. The molecular formula is C23H23N5O. The molecule has 0 saturated heterocycles. The fourth-order valence-electron chi connectivity index (χ4n) is 4.08. The van der Waals surface area contributed by atoms with Crippen molar-refractivity contribution in [2.75, 3.05) is 5.73 Å². The number of anilines is 1. The average Bonchev–Trinajstić information content (AvgIpc) is 3.17. The van der Waals surface area contributed by atoms with Gasteiger partial charge in [-0.1, -0.05) is 37.5 Å². The van der Waals surface area contributed by atoms with Gasteiger partial charge in [-0.15, -0.1) is 0 Å². The van der Waals surface area contributed by atoms with Gasteiger partial charge >= 0.3 is 0 Å². The second-order valence-electron chi connectivity index (χ2n) is 7.48. The highest BCUT2D eigenvalue weighted by Gasteiger charge is 2.23. The van der Waals surface area contributed by atoms with E-state index < -0.39 is 0 Å². The number of nitrogens with two attached hydrogens (primary N) is 1. The fraction of sp³-hybridized carbons (Fsp3) is 0.261. The highest BCUT2D eigenvalue weighted by Crippen LogP contribution is 2.36. The van der Waals surface area contributed by atoms with Crippen LogP contribution >= 0.6 is 0 Å². The van der Waals surface area contributed by atoms with Gasteiger partial charge in [-0.2, -0.15) is 5.10 Å². The summed E-state index contributed by atoms with van der Waals surface area (Å²) >= 11 is 0. The minimum atomic E-state index is 0.370. The van der Waals surface area contributed by atoms with E-state index in [9.17, 15) is 0 Å². The summed E-state index contributed by atoms with van der Waals surface area (Å²) in [5.41, 5.74) is 8.87. The minimum Gasteiger partial charge on any atom is -0.457 e. The number of hydrogen-bond donors (Lipinski definition) is 1. The van der Waals surface area contributed by atoms with Crippen LogP contribution in [0.15, 0.2) is 60.9 Å². The van der Waals surface area contributed by atoms with E-state index in [2.05, 4.69) is 14.6 Å². The molecule has 146 valence electrons. The molecule has 5 rings (SSSR count). The van der Waals surface area contributed by atoms with Gasteiger partial charge in [0.1, 0.15) is 29.3 Å². The van der Waals surface area contributed by atoms with Crippen LogP contribution in [-0.2, 0) is 0 Å². The Bertz CT molecular complexity index is 1120. The van der Waals surface area contributed by atoms with Crippen molar-refractivity contribution >= 4 is 16.9 Å². The highest BCUT2D eigenvalue weighted by molar-refractivity contribution is 5.98. The molecule has 6 nitrogen and oxygen atoms in total. The van der Waals surface area contributed by atoms with Gasteiger partial charge in [0.15, 0.2) is 5.65 Å². The van der Waals surface area contributed by atoms with E-state index >= 15 is 0 Å². The standard InChI is InChI=1S/C23H23N5O/c24-22-20-21(16-11-13-19(14-12-16)29-18-9-5-2-6-10-18)27-28(23(20)26-15-25-22)17-7-3-1-4-8-17/h2,5-6,9-15,17H,1,3-4,7-8H2,(H2,24,25,26). The van der Waals surface area contributed by atoms with Crippen molar-refractivity contribution in [1.82, 2.24) is 19.7 Å². The fourth-order valence-corrected chi connectivity index (χ4v) is 4.08. The van der Waals surface area contributed by atoms with Crippen LogP contribution in [0.1, 0.15) is 38.1 Å². The first-order chi connectivity index (χ1) is 14.3. The summed E-state index contributed by atoms with van der Waals surface area (Å²) in [6.45, 7) is 0. The van der Waals surface area contributed by atoms with Gasteiger partial charge in [0, 0.05) is 5.56 Å². The van der Waals surface area contributed by atoms with E-state index in [-0.39, 0.29) is 0 Å². The van der Waals surface area contributed by atoms with Gasteiger partial charge in [-0.3, -0.25) is 0 Å². The molecule has 0 radical (unpaired) electrons. The first-order valence-corrected chi connectivity index (χ1v) is 10.1. The first-order valence-electron chi connectivity index (χ1n) is 10.1. The largest absolute Gasteiger partial charge is 0.457 e. The van der Waals surface area contributed by atoms with Gasteiger partial charge in [0.25, 0.3) is 0 Å². The molecule has 2 aromatic heterocycles. The summed E-state index contributed by atoms with van der Waals surface area (Å²) in [4.78, 5) is 8.74. The molecule has 2 heterocycles. The van der Waals surface area contributed by atoms with E-state index in [0.29, 0.717) is 11.9 Å². The number of aromatic nitrogens is 4. The molecule has 1 saturated carbocycles. The molecule has 1 fully saturated rings. The van der Waals surface area contributed by atoms with Crippen LogP contribution in [-0.4, -0.2) is 19.7 Å². The Kier molecular flexibility index (Phi) is 4.60. The van der Waals surface area contributed by atoms with Crippen LogP contribution in [0.5, 0.6) is 11.5 Å². The van der Waals surface area contributed by atoms with E-state index in [4.69, 9.17) is 15.6 Å². The molecule has 1 aliphatic rings. The van der Waals surface area contributed by atoms with E-state index in [0.717, 1.165) is 46.6 Å². The molecule has 1 aliphatic carbocycles. The minimum absolute atomic E-state index is 0.370. The molecule has 0 unspecified atom stereocenters. The Hall–Kier alpha value is -3.41. The topological polar surface area (TPSA) is 78.8 Å². The summed E-state index contributed by atoms with van der Waals surface area (Å²) < 4.78 is 7.97. The number of benzene rings is 2. The van der Waals surface area contributed by atoms with Crippen molar-refractivity contribution in [3.05, 3.63) is 60.9 Å². The Morgan fingerprint density at radius 2 is 1.59 bits per heavy atom. The number of ether oxygens (including phenoxy) is 1. The van der Waals surface area contributed by atoms with Crippen LogP contribution in [0.4, 0.5) is 5.82 Å². The third-order valence-electron chi connectivity index (χ3n) is 5.55. The molecule has 0 atom stereocenters. The maximum absolute atomic E-state index is 6.24. The van der Waals surface area contributed by atoms with Crippen molar-refractivity contribution < 1.29 is 4.74 Å². The second kappa shape index (κ2) is 7.54. The number of nitrogen functional groups attached to an aromatic ring is 1. The lowest BCUT2D eigenvalue weighted by Crippen LogP contribution is -2.14. The molecule has 0 aliphatic heterocycles. The molecule has 29 heavy (non-hydrogen) atoms. The van der Waals surface area contributed by atoms with E-state index in [1.165, 1.54) is 25.6 Å². The first kappa shape index (κ1) is 17.7. The van der Waals surface area contributed by atoms with Crippen LogP contribution in [0.25, 0.3) is 22.3 Å². The summed E-state index contributed by atoms with van der Waals surface area (Å²) in [5.74, 6) is 2.06. The lowest BCUT2D eigenvalue weighted by atomic mass is 9.96. The van der Waals surface area contributed by atoms with Crippen molar-refractivity contribution in [3.8, 4) is 22.8 Å². The molecule has 0 spiro atoms. The number of nitrogens with zero attached hydrogens (tertiary/aromatic N) is 4. The maximum Gasteiger partial charge on any atom is 0.164 e. The van der Waals surface area contributed by atoms with Gasteiger partial charge < -0.3 is 10.5 Å². The van der Waals surface area contributed by atoms with Gasteiger partial charge in [0.05, 0.1) is 11.4 Å². The summed E-state index contributed by atoms with van der Waals surface area (Å²) in [6.07, 6.45) is 7.54. The number of fused-ring (bicyclic) bond motifs is 1. The van der Waals surface area contributed by atoms with Crippen LogP contribution < -0.4 is 10.5 Å². The zero-order valence-corrected chi connectivity index (χ0v) is 16.2. The normalized spacial score (nSPS) is 14.9. The number of hydrogen-bond acceptors (Lipinski definition) is 5. The Balaban J connectivity index is 1.52. The van der Waals surface area contributed by atoms with Crippen molar-refractivity contribution in [2.24, 2.45) is 0 Å². The molecule has 2 N–H and O–H groups in total. The summed E-state index contributed by atoms with van der Waals surface area (Å²) in [7, 11) is 0. The van der Waals surface area contributed by atoms with Crippen molar-refractivity contribution in [3.63, 3.8) is 0 Å². The van der Waals surface area contributed by atoms with Gasteiger partial charge in [-0.25, -0.2) is 14.6 Å². The molecule has 2 aromatic carbocycles. The van der Waals surface area contributed by atoms with Crippen LogP contribution in [0.3, 0.4) is 0 Å². The van der Waals surface area contributed by atoms with Gasteiger partial charge in [0.2, 0.25) is 0 Å². The highest BCUT2D eigenvalue weighted by atomic mass is 16.5. The third-order valence-corrected chi connectivity index (χ3v) is 5.55. The quantitative estimate of drug-likeness (QED) is 0.511. The molecule has 0 amide bonds. The average molecular weight is 385 g/mol. The predicted octanol–water partition coefficient (Wildman–Crippen LogP) is 5.37. The third kappa shape index (κ3) is 3.42. The zero-order chi connectivity index (χ0) is 19.6. The van der Waals surface area contributed by atoms with Crippen LogP contribution in [0, 0.1) is 0 Å².